The number of rotatable bonds is 3. The molecule has 0 amide bonds. The van der Waals surface area contributed by atoms with Crippen molar-refractivity contribution in [3.63, 3.8) is 0 Å². The number of nitro groups is 1. The molecule has 1 heterocycles. The highest BCUT2D eigenvalue weighted by atomic mass is 35.5. The van der Waals surface area contributed by atoms with Gasteiger partial charge in [-0.05, 0) is 37.1 Å². The first-order valence-corrected chi connectivity index (χ1v) is 7.74. The van der Waals surface area contributed by atoms with E-state index in [1.54, 1.807) is 6.07 Å². The Morgan fingerprint density at radius 3 is 2.89 bits per heavy atom. The smallest absolute Gasteiger partial charge is 0.288 e. The minimum absolute atomic E-state index is 0.0317. The lowest BCUT2D eigenvalue weighted by Gasteiger charge is -2.30. The maximum Gasteiger partial charge on any atom is 0.288 e. The fourth-order valence-electron chi connectivity index (χ4n) is 2.27. The van der Waals surface area contributed by atoms with Gasteiger partial charge in [-0.15, -0.1) is 0 Å². The summed E-state index contributed by atoms with van der Waals surface area (Å²) in [5.74, 6) is 1.21. The monoisotopic (exact) mass is 300 g/mol. The molecule has 1 aromatic rings. The van der Waals surface area contributed by atoms with E-state index in [0.717, 1.165) is 17.7 Å². The number of halogens is 1. The second-order valence-electron chi connectivity index (χ2n) is 4.84. The SMILES string of the molecule is Cc1cc([N+](=O)[O-])c(Cl)cc1NC1CCCSC1C. The predicted octanol–water partition coefficient (Wildman–Crippen LogP) is 4.25. The van der Waals surface area contributed by atoms with E-state index in [0.29, 0.717) is 11.3 Å². The number of benzene rings is 1. The van der Waals surface area contributed by atoms with Crippen LogP contribution in [-0.4, -0.2) is 22.0 Å². The highest BCUT2D eigenvalue weighted by Gasteiger charge is 2.23. The number of thioether (sulfide) groups is 1. The fraction of sp³-hybridized carbons (Fsp3) is 0.538. The van der Waals surface area contributed by atoms with Crippen LogP contribution in [0.25, 0.3) is 0 Å². The lowest BCUT2D eigenvalue weighted by atomic mass is 10.1. The van der Waals surface area contributed by atoms with Crippen molar-refractivity contribution in [3.05, 3.63) is 32.8 Å². The Labute approximate surface area is 122 Å². The average molecular weight is 301 g/mol. The largest absolute Gasteiger partial charge is 0.381 e. The summed E-state index contributed by atoms with van der Waals surface area (Å²) in [6.07, 6.45) is 2.33. The van der Waals surface area contributed by atoms with Gasteiger partial charge in [0.1, 0.15) is 5.02 Å². The maximum atomic E-state index is 10.8. The van der Waals surface area contributed by atoms with E-state index >= 15 is 0 Å². The van der Waals surface area contributed by atoms with Crippen LogP contribution in [0.15, 0.2) is 12.1 Å². The van der Waals surface area contributed by atoms with Gasteiger partial charge in [0.05, 0.1) is 4.92 Å². The van der Waals surface area contributed by atoms with Gasteiger partial charge >= 0.3 is 0 Å². The van der Waals surface area contributed by atoms with E-state index in [4.69, 9.17) is 11.6 Å². The van der Waals surface area contributed by atoms with Crippen LogP contribution in [0.5, 0.6) is 0 Å². The molecule has 1 aromatic carbocycles. The zero-order chi connectivity index (χ0) is 14.0. The van der Waals surface area contributed by atoms with Crippen LogP contribution in [0.1, 0.15) is 25.3 Å². The number of nitro benzene ring substituents is 1. The van der Waals surface area contributed by atoms with Crippen LogP contribution in [0.4, 0.5) is 11.4 Å². The average Bonchev–Trinajstić information content (AvgIpc) is 2.35. The molecule has 0 spiro atoms. The van der Waals surface area contributed by atoms with Crippen molar-refractivity contribution in [2.45, 2.75) is 38.0 Å². The number of hydrogen-bond acceptors (Lipinski definition) is 4. The van der Waals surface area contributed by atoms with E-state index in [9.17, 15) is 10.1 Å². The van der Waals surface area contributed by atoms with Gasteiger partial charge in [-0.2, -0.15) is 11.8 Å². The summed E-state index contributed by atoms with van der Waals surface area (Å²) in [5.41, 5.74) is 1.73. The zero-order valence-corrected chi connectivity index (χ0v) is 12.6. The lowest BCUT2D eigenvalue weighted by molar-refractivity contribution is -0.384. The molecule has 0 aromatic heterocycles. The van der Waals surface area contributed by atoms with Crippen molar-refractivity contribution in [2.75, 3.05) is 11.1 Å². The molecule has 0 radical (unpaired) electrons. The molecule has 0 aliphatic carbocycles. The minimum atomic E-state index is -0.446. The third-order valence-electron chi connectivity index (χ3n) is 3.44. The Morgan fingerprint density at radius 1 is 1.53 bits per heavy atom. The third kappa shape index (κ3) is 3.34. The van der Waals surface area contributed by atoms with E-state index in [1.807, 2.05) is 18.7 Å². The van der Waals surface area contributed by atoms with E-state index in [-0.39, 0.29) is 10.7 Å². The first kappa shape index (κ1) is 14.5. The quantitative estimate of drug-likeness (QED) is 0.669. The molecule has 0 bridgehead atoms. The summed E-state index contributed by atoms with van der Waals surface area (Å²) in [5, 5.41) is 15.0. The van der Waals surface area contributed by atoms with Crippen LogP contribution >= 0.6 is 23.4 Å². The summed E-state index contributed by atoms with van der Waals surface area (Å²) < 4.78 is 0. The number of nitrogens with one attached hydrogen (secondary N) is 1. The first-order valence-electron chi connectivity index (χ1n) is 6.31. The molecule has 1 aliphatic heterocycles. The number of aryl methyl sites for hydroxylation is 1. The van der Waals surface area contributed by atoms with Crippen LogP contribution in [0, 0.1) is 17.0 Å². The molecule has 6 heteroatoms. The summed E-state index contributed by atoms with van der Waals surface area (Å²) in [6.45, 7) is 4.08. The lowest BCUT2D eigenvalue weighted by Crippen LogP contribution is -2.33. The predicted molar refractivity (Wildman–Crippen MR) is 81.4 cm³/mol. The van der Waals surface area contributed by atoms with Crippen molar-refractivity contribution < 1.29 is 4.92 Å². The van der Waals surface area contributed by atoms with Crippen molar-refractivity contribution in [1.29, 1.82) is 0 Å². The molecular formula is C13H17ClN2O2S. The molecule has 1 aliphatic rings. The molecule has 1 N–H and O–H groups in total. The molecular weight excluding hydrogens is 284 g/mol. The Bertz CT molecular complexity index is 496. The second kappa shape index (κ2) is 6.01. The molecule has 2 unspecified atom stereocenters. The number of hydrogen-bond donors (Lipinski definition) is 1. The molecule has 19 heavy (non-hydrogen) atoms. The molecule has 0 saturated carbocycles. The standard InChI is InChI=1S/C13H17ClN2O2S/c1-8-6-13(16(17)18)10(14)7-12(8)15-11-4-3-5-19-9(11)2/h6-7,9,11,15H,3-5H2,1-2H3. The molecule has 4 nitrogen and oxygen atoms in total. The van der Waals surface area contributed by atoms with Crippen LogP contribution < -0.4 is 5.32 Å². The van der Waals surface area contributed by atoms with E-state index in [1.165, 1.54) is 18.2 Å². The Balaban J connectivity index is 2.21. The fourth-order valence-corrected chi connectivity index (χ4v) is 3.65. The summed E-state index contributed by atoms with van der Waals surface area (Å²) >= 11 is 7.92. The highest BCUT2D eigenvalue weighted by molar-refractivity contribution is 8.00. The van der Waals surface area contributed by atoms with Gasteiger partial charge in [0, 0.05) is 23.0 Å². The summed E-state index contributed by atoms with van der Waals surface area (Å²) in [4.78, 5) is 10.4. The van der Waals surface area contributed by atoms with E-state index in [2.05, 4.69) is 12.2 Å². The molecule has 1 fully saturated rings. The van der Waals surface area contributed by atoms with Gasteiger partial charge in [-0.3, -0.25) is 10.1 Å². The second-order valence-corrected chi connectivity index (χ2v) is 6.74. The summed E-state index contributed by atoms with van der Waals surface area (Å²) in [7, 11) is 0. The zero-order valence-electron chi connectivity index (χ0n) is 11.0. The van der Waals surface area contributed by atoms with Crippen LogP contribution in [-0.2, 0) is 0 Å². The normalized spacial score (nSPS) is 23.1. The van der Waals surface area contributed by atoms with Gasteiger partial charge in [-0.25, -0.2) is 0 Å². The van der Waals surface area contributed by atoms with Gasteiger partial charge in [0.25, 0.3) is 5.69 Å². The maximum absolute atomic E-state index is 10.8. The molecule has 104 valence electrons. The van der Waals surface area contributed by atoms with Crippen molar-refractivity contribution >= 4 is 34.7 Å². The highest BCUT2D eigenvalue weighted by Crippen LogP contribution is 2.33. The Morgan fingerprint density at radius 2 is 2.26 bits per heavy atom. The van der Waals surface area contributed by atoms with Crippen LogP contribution in [0.2, 0.25) is 5.02 Å². The van der Waals surface area contributed by atoms with Crippen LogP contribution in [0.3, 0.4) is 0 Å². The molecule has 2 atom stereocenters. The third-order valence-corrected chi connectivity index (χ3v) is 5.12. The Hall–Kier alpha value is -0.940. The van der Waals surface area contributed by atoms with Gasteiger partial charge in [-0.1, -0.05) is 18.5 Å². The Kier molecular flexibility index (Phi) is 4.58. The summed E-state index contributed by atoms with van der Waals surface area (Å²) in [6, 6.07) is 3.60. The number of nitrogens with zero attached hydrogens (tertiary/aromatic N) is 1. The van der Waals surface area contributed by atoms with Crippen molar-refractivity contribution in [2.24, 2.45) is 0 Å². The van der Waals surface area contributed by atoms with Crippen molar-refractivity contribution in [3.8, 4) is 0 Å². The topological polar surface area (TPSA) is 55.2 Å². The van der Waals surface area contributed by atoms with Crippen molar-refractivity contribution in [1.82, 2.24) is 0 Å². The van der Waals surface area contributed by atoms with E-state index < -0.39 is 4.92 Å². The van der Waals surface area contributed by atoms with Gasteiger partial charge < -0.3 is 5.32 Å². The van der Waals surface area contributed by atoms with Gasteiger partial charge in [0.15, 0.2) is 0 Å². The number of anilines is 1. The first-order chi connectivity index (χ1) is 8.99. The molecule has 1 saturated heterocycles. The minimum Gasteiger partial charge on any atom is -0.381 e. The molecule has 2 rings (SSSR count). The van der Waals surface area contributed by atoms with Gasteiger partial charge in [0.2, 0.25) is 0 Å².